The van der Waals surface area contributed by atoms with E-state index in [-0.39, 0.29) is 11.8 Å². The largest absolute Gasteiger partial charge is 0.348 e. The zero-order valence-electron chi connectivity index (χ0n) is 19.2. The number of amides is 2. The summed E-state index contributed by atoms with van der Waals surface area (Å²) in [5, 5.41) is 0. The third kappa shape index (κ3) is 4.26. The van der Waals surface area contributed by atoms with Gasteiger partial charge in [0.2, 0.25) is 11.8 Å². The van der Waals surface area contributed by atoms with Crippen LogP contribution in [0.2, 0.25) is 0 Å². The van der Waals surface area contributed by atoms with Gasteiger partial charge in [-0.3, -0.25) is 9.59 Å². The summed E-state index contributed by atoms with van der Waals surface area (Å²) in [6, 6.07) is 16.9. The molecule has 4 heteroatoms. The molecule has 4 nitrogen and oxygen atoms in total. The highest BCUT2D eigenvalue weighted by atomic mass is 16.2. The first-order valence-electron chi connectivity index (χ1n) is 11.5. The zero-order chi connectivity index (χ0) is 22.2. The molecule has 1 saturated heterocycles. The van der Waals surface area contributed by atoms with E-state index < -0.39 is 5.41 Å². The summed E-state index contributed by atoms with van der Waals surface area (Å²) in [5.74, 6) is 1.19. The van der Waals surface area contributed by atoms with Gasteiger partial charge in [-0.1, -0.05) is 55.5 Å². The molecule has 1 heterocycles. The Morgan fingerprint density at radius 2 is 1.58 bits per heavy atom. The quantitative estimate of drug-likeness (QED) is 0.714. The Kier molecular flexibility index (Phi) is 5.92. The number of piperidine rings is 1. The number of hydrogen-bond donors (Lipinski definition) is 0. The molecule has 0 aromatic heterocycles. The Morgan fingerprint density at radius 1 is 1.00 bits per heavy atom. The third-order valence-electron chi connectivity index (χ3n) is 7.30. The second-order valence-corrected chi connectivity index (χ2v) is 9.77. The van der Waals surface area contributed by atoms with Gasteiger partial charge in [-0.05, 0) is 60.8 Å². The van der Waals surface area contributed by atoms with Gasteiger partial charge in [0.05, 0.1) is 5.41 Å². The van der Waals surface area contributed by atoms with Crippen molar-refractivity contribution in [1.82, 2.24) is 9.80 Å². The maximum Gasteiger partial charge on any atom is 0.228 e. The van der Waals surface area contributed by atoms with Gasteiger partial charge in [0.25, 0.3) is 0 Å². The standard InChI is InChI=1S/C27H34N2O2/c1-19-9-5-7-11-22(19)23-12-8-6-10-21(23)18-27(26(31)28(3)4)13-15-29(16-14-27)25(30)24-17-20(24)2/h5-12,20,24H,13-18H2,1-4H3/t20-,24+/m1/s1. The molecule has 0 unspecified atom stereocenters. The SMILES string of the molecule is Cc1ccccc1-c1ccccc1CC1(C(=O)N(C)C)CCN(C(=O)[C@H]2C[C@H]2C)CC1. The van der Waals surface area contributed by atoms with Crippen LogP contribution in [0.5, 0.6) is 0 Å². The van der Waals surface area contributed by atoms with Crippen molar-refractivity contribution >= 4 is 11.8 Å². The van der Waals surface area contributed by atoms with Gasteiger partial charge in [0, 0.05) is 33.1 Å². The van der Waals surface area contributed by atoms with Crippen LogP contribution in [0.4, 0.5) is 0 Å². The van der Waals surface area contributed by atoms with Crippen molar-refractivity contribution in [1.29, 1.82) is 0 Å². The monoisotopic (exact) mass is 418 g/mol. The van der Waals surface area contributed by atoms with Gasteiger partial charge in [-0.2, -0.15) is 0 Å². The summed E-state index contributed by atoms with van der Waals surface area (Å²) in [4.78, 5) is 29.9. The molecule has 2 fully saturated rings. The van der Waals surface area contributed by atoms with E-state index in [1.54, 1.807) is 4.90 Å². The van der Waals surface area contributed by atoms with Gasteiger partial charge in [-0.15, -0.1) is 0 Å². The highest BCUT2D eigenvalue weighted by Gasteiger charge is 2.47. The summed E-state index contributed by atoms with van der Waals surface area (Å²) in [6.07, 6.45) is 3.16. The number of aryl methyl sites for hydroxylation is 1. The topological polar surface area (TPSA) is 40.6 Å². The van der Waals surface area contributed by atoms with Gasteiger partial charge in [-0.25, -0.2) is 0 Å². The van der Waals surface area contributed by atoms with Crippen LogP contribution in [-0.2, 0) is 16.0 Å². The fourth-order valence-corrected chi connectivity index (χ4v) is 5.17. The number of carbonyl (C=O) groups is 2. The van der Waals surface area contributed by atoms with Crippen molar-refractivity contribution in [3.05, 3.63) is 59.7 Å². The summed E-state index contributed by atoms with van der Waals surface area (Å²) in [7, 11) is 3.70. The predicted octanol–water partition coefficient (Wildman–Crippen LogP) is 4.56. The lowest BCUT2D eigenvalue weighted by molar-refractivity contribution is -0.146. The molecule has 4 rings (SSSR count). The second-order valence-electron chi connectivity index (χ2n) is 9.77. The van der Waals surface area contributed by atoms with Crippen molar-refractivity contribution in [2.75, 3.05) is 27.2 Å². The predicted molar refractivity (Wildman–Crippen MR) is 125 cm³/mol. The molecule has 2 aromatic carbocycles. The molecule has 0 N–H and O–H groups in total. The van der Waals surface area contributed by atoms with Crippen molar-refractivity contribution in [2.24, 2.45) is 17.3 Å². The Morgan fingerprint density at radius 3 is 2.16 bits per heavy atom. The number of nitrogens with zero attached hydrogens (tertiary/aromatic N) is 2. The van der Waals surface area contributed by atoms with Crippen LogP contribution >= 0.6 is 0 Å². The normalized spacial score (nSPS) is 22.1. The highest BCUT2D eigenvalue weighted by molar-refractivity contribution is 5.85. The van der Waals surface area contributed by atoms with Crippen molar-refractivity contribution in [2.45, 2.75) is 39.5 Å². The van der Waals surface area contributed by atoms with Crippen molar-refractivity contribution in [3.63, 3.8) is 0 Å². The summed E-state index contributed by atoms with van der Waals surface area (Å²) < 4.78 is 0. The van der Waals surface area contributed by atoms with Gasteiger partial charge in [0.1, 0.15) is 0 Å². The van der Waals surface area contributed by atoms with E-state index in [1.165, 1.54) is 22.3 Å². The first-order valence-corrected chi connectivity index (χ1v) is 11.5. The average Bonchev–Trinajstić information content (AvgIpc) is 3.50. The molecular weight excluding hydrogens is 384 g/mol. The molecule has 1 aliphatic heterocycles. The molecule has 2 aliphatic rings. The molecule has 1 aliphatic carbocycles. The summed E-state index contributed by atoms with van der Waals surface area (Å²) in [6.45, 7) is 5.63. The maximum absolute atomic E-state index is 13.4. The molecule has 164 valence electrons. The van der Waals surface area contributed by atoms with Crippen LogP contribution in [0.15, 0.2) is 48.5 Å². The van der Waals surface area contributed by atoms with Gasteiger partial charge in [0.15, 0.2) is 0 Å². The average molecular weight is 419 g/mol. The fourth-order valence-electron chi connectivity index (χ4n) is 5.17. The van der Waals surface area contributed by atoms with Crippen molar-refractivity contribution < 1.29 is 9.59 Å². The smallest absolute Gasteiger partial charge is 0.228 e. The lowest BCUT2D eigenvalue weighted by Gasteiger charge is -2.42. The molecule has 0 radical (unpaired) electrons. The lowest BCUT2D eigenvalue weighted by atomic mass is 9.71. The Hall–Kier alpha value is -2.62. The van der Waals surface area contributed by atoms with E-state index in [0.29, 0.717) is 31.3 Å². The Labute approximate surface area is 186 Å². The fraction of sp³-hybridized carbons (Fsp3) is 0.481. The van der Waals surface area contributed by atoms with Crippen molar-refractivity contribution in [3.8, 4) is 11.1 Å². The third-order valence-corrected chi connectivity index (χ3v) is 7.30. The number of benzene rings is 2. The summed E-state index contributed by atoms with van der Waals surface area (Å²) in [5.41, 5.74) is 4.41. The summed E-state index contributed by atoms with van der Waals surface area (Å²) >= 11 is 0. The molecule has 2 aromatic rings. The van der Waals surface area contributed by atoms with Crippen LogP contribution in [0.3, 0.4) is 0 Å². The molecular formula is C27H34N2O2. The number of carbonyl (C=O) groups excluding carboxylic acids is 2. The Bertz CT molecular complexity index is 973. The number of rotatable bonds is 5. The lowest BCUT2D eigenvalue weighted by Crippen LogP contribution is -2.51. The highest BCUT2D eigenvalue weighted by Crippen LogP contribution is 2.43. The van der Waals surface area contributed by atoms with E-state index in [4.69, 9.17) is 0 Å². The van der Waals surface area contributed by atoms with Crippen LogP contribution < -0.4 is 0 Å². The minimum absolute atomic E-state index is 0.180. The molecule has 0 bridgehead atoms. The van der Waals surface area contributed by atoms with E-state index in [0.717, 1.165) is 19.3 Å². The van der Waals surface area contributed by atoms with Crippen LogP contribution in [0, 0.1) is 24.2 Å². The second kappa shape index (κ2) is 8.49. The van der Waals surface area contributed by atoms with E-state index in [2.05, 4.69) is 62.4 Å². The molecule has 0 spiro atoms. The van der Waals surface area contributed by atoms with Crippen LogP contribution in [-0.4, -0.2) is 48.8 Å². The molecule has 2 amide bonds. The molecule has 2 atom stereocenters. The minimum atomic E-state index is -0.464. The number of likely N-dealkylation sites (tertiary alicyclic amines) is 1. The number of hydrogen-bond acceptors (Lipinski definition) is 2. The van der Waals surface area contributed by atoms with Crippen LogP contribution in [0.1, 0.15) is 37.3 Å². The Balaban J connectivity index is 1.62. The van der Waals surface area contributed by atoms with Crippen LogP contribution in [0.25, 0.3) is 11.1 Å². The molecule has 1 saturated carbocycles. The zero-order valence-corrected chi connectivity index (χ0v) is 19.2. The first kappa shape index (κ1) is 21.6. The minimum Gasteiger partial charge on any atom is -0.348 e. The van der Waals surface area contributed by atoms with Gasteiger partial charge >= 0.3 is 0 Å². The maximum atomic E-state index is 13.4. The van der Waals surface area contributed by atoms with Gasteiger partial charge < -0.3 is 9.80 Å². The van der Waals surface area contributed by atoms with E-state index >= 15 is 0 Å². The van der Waals surface area contributed by atoms with E-state index in [1.807, 2.05) is 19.0 Å². The first-order chi connectivity index (χ1) is 14.8. The molecule has 31 heavy (non-hydrogen) atoms. The van der Waals surface area contributed by atoms with E-state index in [9.17, 15) is 9.59 Å².